The fourth-order valence-electron chi connectivity index (χ4n) is 4.83. The van der Waals surface area contributed by atoms with E-state index in [0.29, 0.717) is 13.0 Å². The van der Waals surface area contributed by atoms with E-state index >= 15 is 0 Å². The molecule has 6 atom stereocenters. The minimum atomic E-state index is -0.496. The van der Waals surface area contributed by atoms with Crippen LogP contribution in [-0.4, -0.2) is 79.6 Å². The second-order valence-corrected chi connectivity index (χ2v) is 9.65. The molecule has 0 aliphatic carbocycles. The zero-order valence-electron chi connectivity index (χ0n) is 21.3. The van der Waals surface area contributed by atoms with Crippen molar-refractivity contribution in [2.45, 2.75) is 91.0 Å². The first-order valence-electron chi connectivity index (χ1n) is 11.9. The topological polar surface area (TPSA) is 102 Å². The monoisotopic (exact) mass is 455 g/mol. The van der Waals surface area contributed by atoms with E-state index in [1.165, 1.54) is 0 Å². The van der Waals surface area contributed by atoms with E-state index in [9.17, 15) is 14.4 Å². The summed E-state index contributed by atoms with van der Waals surface area (Å²) < 4.78 is 11.4. The molecule has 32 heavy (non-hydrogen) atoms. The number of methoxy groups -OCH3 is 2. The molecule has 1 aliphatic heterocycles. The summed E-state index contributed by atoms with van der Waals surface area (Å²) in [6.07, 6.45) is 2.24. The van der Waals surface area contributed by atoms with E-state index in [1.54, 1.807) is 26.0 Å². The maximum absolute atomic E-state index is 13.4. The van der Waals surface area contributed by atoms with Crippen molar-refractivity contribution in [3.63, 3.8) is 0 Å². The summed E-state index contributed by atoms with van der Waals surface area (Å²) in [5, 5.41) is 0. The SMILES string of the molecule is CCC(C)C(C(CC(=O)N1CCCC1C(OC)C(C)C(N)=O)OC)N(C)C(=O)CC(C)C. The molecule has 1 rings (SSSR count). The average molecular weight is 456 g/mol. The van der Waals surface area contributed by atoms with Crippen molar-refractivity contribution in [2.75, 3.05) is 27.8 Å². The Kier molecular flexibility index (Phi) is 11.6. The number of nitrogens with zero attached hydrogens (tertiary/aromatic N) is 2. The smallest absolute Gasteiger partial charge is 0.225 e. The second-order valence-electron chi connectivity index (χ2n) is 9.65. The number of likely N-dealkylation sites (N-methyl/N-ethyl adjacent to an activating group) is 1. The van der Waals surface area contributed by atoms with Gasteiger partial charge in [0.05, 0.1) is 36.6 Å². The van der Waals surface area contributed by atoms with Gasteiger partial charge in [0, 0.05) is 34.2 Å². The Hall–Kier alpha value is -1.67. The number of likely N-dealkylation sites (tertiary alicyclic amines) is 1. The Bertz CT molecular complexity index is 627. The zero-order chi connectivity index (χ0) is 24.6. The first kappa shape index (κ1) is 28.4. The summed E-state index contributed by atoms with van der Waals surface area (Å²) in [6.45, 7) is 10.6. The third kappa shape index (κ3) is 7.17. The number of ether oxygens (including phenoxy) is 2. The molecule has 2 N–H and O–H groups in total. The van der Waals surface area contributed by atoms with Gasteiger partial charge in [-0.25, -0.2) is 0 Å². The van der Waals surface area contributed by atoms with Crippen LogP contribution in [0.15, 0.2) is 0 Å². The molecular weight excluding hydrogens is 410 g/mol. The predicted octanol–water partition coefficient (Wildman–Crippen LogP) is 2.44. The Morgan fingerprint density at radius 1 is 1.09 bits per heavy atom. The highest BCUT2D eigenvalue weighted by Gasteiger charge is 2.41. The number of carbonyl (C=O) groups excluding carboxylic acids is 3. The molecule has 8 nitrogen and oxygen atoms in total. The summed E-state index contributed by atoms with van der Waals surface area (Å²) >= 11 is 0. The van der Waals surface area contributed by atoms with Gasteiger partial charge in [-0.05, 0) is 24.7 Å². The molecule has 1 aliphatic rings. The van der Waals surface area contributed by atoms with Crippen LogP contribution >= 0.6 is 0 Å². The maximum atomic E-state index is 13.4. The summed E-state index contributed by atoms with van der Waals surface area (Å²) in [5.74, 6) is -0.486. The van der Waals surface area contributed by atoms with Crippen molar-refractivity contribution in [1.29, 1.82) is 0 Å². The maximum Gasteiger partial charge on any atom is 0.225 e. The fourth-order valence-corrected chi connectivity index (χ4v) is 4.83. The number of hydrogen-bond donors (Lipinski definition) is 1. The van der Waals surface area contributed by atoms with Crippen LogP contribution < -0.4 is 5.73 Å². The van der Waals surface area contributed by atoms with Crippen LogP contribution in [0.1, 0.15) is 66.7 Å². The lowest BCUT2D eigenvalue weighted by Gasteiger charge is -2.39. The highest BCUT2D eigenvalue weighted by atomic mass is 16.5. The Morgan fingerprint density at radius 2 is 1.72 bits per heavy atom. The lowest BCUT2D eigenvalue weighted by Crippen LogP contribution is -2.53. The lowest BCUT2D eigenvalue weighted by atomic mass is 9.90. The molecule has 0 aromatic rings. The van der Waals surface area contributed by atoms with Crippen molar-refractivity contribution < 1.29 is 23.9 Å². The van der Waals surface area contributed by atoms with E-state index in [1.807, 2.05) is 25.8 Å². The first-order valence-corrected chi connectivity index (χ1v) is 11.9. The standard InChI is InChI=1S/C24H45N3O5/c1-9-16(4)22(26(6)20(28)13-15(2)3)19(31-7)14-21(29)27-12-10-11-18(27)23(32-8)17(5)24(25)30/h15-19,22-23H,9-14H2,1-8H3,(H2,25,30). The highest BCUT2D eigenvalue weighted by molar-refractivity contribution is 5.79. The minimum Gasteiger partial charge on any atom is -0.379 e. The summed E-state index contributed by atoms with van der Waals surface area (Å²) in [7, 11) is 4.96. The van der Waals surface area contributed by atoms with Gasteiger partial charge >= 0.3 is 0 Å². The van der Waals surface area contributed by atoms with Crippen LogP contribution in [0.4, 0.5) is 0 Å². The van der Waals surface area contributed by atoms with Crippen LogP contribution in [0.2, 0.25) is 0 Å². The molecule has 0 saturated carbocycles. The van der Waals surface area contributed by atoms with Gasteiger partial charge in [-0.2, -0.15) is 0 Å². The van der Waals surface area contributed by atoms with Gasteiger partial charge in [-0.3, -0.25) is 14.4 Å². The molecule has 1 saturated heterocycles. The van der Waals surface area contributed by atoms with Crippen LogP contribution in [0.25, 0.3) is 0 Å². The first-order chi connectivity index (χ1) is 15.0. The third-order valence-electron chi connectivity index (χ3n) is 6.92. The van der Waals surface area contributed by atoms with E-state index in [4.69, 9.17) is 15.2 Å². The summed E-state index contributed by atoms with van der Waals surface area (Å²) in [5.41, 5.74) is 5.51. The van der Waals surface area contributed by atoms with E-state index < -0.39 is 24.0 Å². The second kappa shape index (κ2) is 13.1. The van der Waals surface area contributed by atoms with Gasteiger partial charge in [0.2, 0.25) is 17.7 Å². The molecule has 0 aromatic carbocycles. The predicted molar refractivity (Wildman–Crippen MR) is 125 cm³/mol. The van der Waals surface area contributed by atoms with Crippen molar-refractivity contribution >= 4 is 17.7 Å². The number of nitrogens with two attached hydrogens (primary N) is 1. The fraction of sp³-hybridized carbons (Fsp3) is 0.875. The molecule has 0 radical (unpaired) electrons. The van der Waals surface area contributed by atoms with Crippen molar-refractivity contribution in [3.05, 3.63) is 0 Å². The average Bonchev–Trinajstić information content (AvgIpc) is 3.22. The lowest BCUT2D eigenvalue weighted by molar-refractivity contribution is -0.145. The van der Waals surface area contributed by atoms with E-state index in [2.05, 4.69) is 13.8 Å². The quantitative estimate of drug-likeness (QED) is 0.460. The van der Waals surface area contributed by atoms with Crippen molar-refractivity contribution in [1.82, 2.24) is 9.80 Å². The van der Waals surface area contributed by atoms with Gasteiger partial charge in [0.25, 0.3) is 0 Å². The molecule has 3 amide bonds. The van der Waals surface area contributed by atoms with Gasteiger partial charge in [0.15, 0.2) is 0 Å². The number of rotatable bonds is 13. The Labute approximate surface area is 194 Å². The highest BCUT2D eigenvalue weighted by Crippen LogP contribution is 2.29. The molecule has 0 aromatic heterocycles. The van der Waals surface area contributed by atoms with E-state index in [-0.39, 0.29) is 42.2 Å². The zero-order valence-corrected chi connectivity index (χ0v) is 21.3. The van der Waals surface area contributed by atoms with E-state index in [0.717, 1.165) is 19.3 Å². The van der Waals surface area contributed by atoms with Crippen molar-refractivity contribution in [3.8, 4) is 0 Å². The molecule has 0 spiro atoms. The van der Waals surface area contributed by atoms with Gasteiger partial charge in [-0.1, -0.05) is 41.0 Å². The number of primary amides is 1. The number of hydrogen-bond acceptors (Lipinski definition) is 5. The van der Waals surface area contributed by atoms with Crippen LogP contribution in [-0.2, 0) is 23.9 Å². The summed E-state index contributed by atoms with van der Waals surface area (Å²) in [4.78, 5) is 41.5. The Morgan fingerprint density at radius 3 is 2.19 bits per heavy atom. The van der Waals surface area contributed by atoms with Crippen LogP contribution in [0, 0.1) is 17.8 Å². The minimum absolute atomic E-state index is 0.0453. The normalized spacial score (nSPS) is 21.2. The molecule has 1 fully saturated rings. The third-order valence-corrected chi connectivity index (χ3v) is 6.92. The molecule has 0 bridgehead atoms. The van der Waals surface area contributed by atoms with Gasteiger partial charge in [0.1, 0.15) is 0 Å². The molecule has 186 valence electrons. The van der Waals surface area contributed by atoms with Gasteiger partial charge in [-0.15, -0.1) is 0 Å². The Balaban J connectivity index is 3.06. The molecule has 6 unspecified atom stereocenters. The number of amides is 3. The summed E-state index contributed by atoms with van der Waals surface area (Å²) in [6, 6.07) is -0.404. The van der Waals surface area contributed by atoms with Crippen LogP contribution in [0.3, 0.4) is 0 Å². The van der Waals surface area contributed by atoms with Crippen molar-refractivity contribution in [2.24, 2.45) is 23.5 Å². The van der Waals surface area contributed by atoms with Gasteiger partial charge < -0.3 is 25.0 Å². The molecular formula is C24H45N3O5. The largest absolute Gasteiger partial charge is 0.379 e. The molecule has 8 heteroatoms. The molecule has 1 heterocycles. The van der Waals surface area contributed by atoms with Crippen LogP contribution in [0.5, 0.6) is 0 Å². The number of carbonyl (C=O) groups is 3.